The normalized spacial score (nSPS) is 15.3. The van der Waals surface area contributed by atoms with Crippen LogP contribution in [0.4, 0.5) is 0 Å². The Morgan fingerprint density at radius 2 is 2.17 bits per heavy atom. The van der Waals surface area contributed by atoms with Crippen LogP contribution in [0, 0.1) is 5.92 Å². The quantitative estimate of drug-likeness (QED) is 0.524. The van der Waals surface area contributed by atoms with Crippen LogP contribution in [0.5, 0.6) is 0 Å². The van der Waals surface area contributed by atoms with E-state index in [9.17, 15) is 4.79 Å². The Hall–Kier alpha value is -0.610. The fourth-order valence-corrected chi connectivity index (χ4v) is 0.758. The molecule has 0 rings (SSSR count). The molecule has 0 spiro atoms. The Morgan fingerprint density at radius 1 is 1.58 bits per heavy atom. The number of nitrogens with one attached hydrogen (secondary N) is 1. The summed E-state index contributed by atoms with van der Waals surface area (Å²) in [6.07, 6.45) is 0.350. The molecule has 0 saturated heterocycles. The van der Waals surface area contributed by atoms with Gasteiger partial charge in [-0.2, -0.15) is 0 Å². The molecule has 0 aliphatic heterocycles. The molecule has 0 bridgehead atoms. The van der Waals surface area contributed by atoms with Gasteiger partial charge >= 0.3 is 0 Å². The molecular weight excluding hydrogens is 156 g/mol. The number of rotatable bonds is 5. The Kier molecular flexibility index (Phi) is 5.66. The van der Waals surface area contributed by atoms with Gasteiger partial charge in [-0.25, -0.2) is 0 Å². The Bertz CT molecular complexity index is 139. The zero-order valence-corrected chi connectivity index (χ0v) is 7.71. The average Bonchev–Trinajstić information content (AvgIpc) is 2.03. The average molecular weight is 174 g/mol. The molecule has 1 amide bonds. The fraction of sp³-hybridized carbons (Fsp3) is 0.875. The predicted octanol–water partition coefficient (Wildman–Crippen LogP) is -0.532. The van der Waals surface area contributed by atoms with E-state index in [-0.39, 0.29) is 24.5 Å². The third-order valence-electron chi connectivity index (χ3n) is 1.90. The first kappa shape index (κ1) is 11.4. The number of aliphatic hydroxyl groups is 1. The molecule has 4 heteroatoms. The van der Waals surface area contributed by atoms with Crippen molar-refractivity contribution in [2.24, 2.45) is 11.7 Å². The summed E-state index contributed by atoms with van der Waals surface area (Å²) < 4.78 is 0. The van der Waals surface area contributed by atoms with Crippen molar-refractivity contribution >= 4 is 5.91 Å². The van der Waals surface area contributed by atoms with Crippen molar-refractivity contribution in [3.63, 3.8) is 0 Å². The Labute approximate surface area is 73.1 Å². The molecule has 0 aromatic carbocycles. The molecule has 0 heterocycles. The van der Waals surface area contributed by atoms with Crippen LogP contribution in [0.2, 0.25) is 0 Å². The number of nitrogens with two attached hydrogens (primary N) is 1. The molecule has 4 nitrogen and oxygen atoms in total. The highest BCUT2D eigenvalue weighted by Gasteiger charge is 2.12. The van der Waals surface area contributed by atoms with Gasteiger partial charge in [-0.15, -0.1) is 0 Å². The van der Waals surface area contributed by atoms with Gasteiger partial charge in [-0.1, -0.05) is 6.92 Å². The number of aliphatic hydroxyl groups excluding tert-OH is 1. The number of carbonyl (C=O) groups excluding carboxylic acids is 1. The molecule has 0 fully saturated rings. The molecule has 72 valence electrons. The lowest BCUT2D eigenvalue weighted by Crippen LogP contribution is -2.39. The highest BCUT2D eigenvalue weighted by Crippen LogP contribution is 2.00. The summed E-state index contributed by atoms with van der Waals surface area (Å²) in [6.45, 7) is 4.21. The smallest absolute Gasteiger partial charge is 0.221 e. The lowest BCUT2D eigenvalue weighted by molar-refractivity contribution is -0.121. The standard InChI is InChI=1S/C8H18N2O2/c1-6(5-11)7(2)10-8(12)3-4-9/h6-7,11H,3-5,9H2,1-2H3,(H,10,12). The Balaban J connectivity index is 3.67. The summed E-state index contributed by atoms with van der Waals surface area (Å²) in [7, 11) is 0. The minimum absolute atomic E-state index is 0.00838. The van der Waals surface area contributed by atoms with Crippen LogP contribution in [-0.2, 0) is 4.79 Å². The molecule has 0 aromatic heterocycles. The van der Waals surface area contributed by atoms with Crippen LogP contribution in [-0.4, -0.2) is 30.2 Å². The minimum Gasteiger partial charge on any atom is -0.396 e. The van der Waals surface area contributed by atoms with Gasteiger partial charge in [0.25, 0.3) is 0 Å². The lowest BCUT2D eigenvalue weighted by atomic mass is 10.1. The summed E-state index contributed by atoms with van der Waals surface area (Å²) in [4.78, 5) is 11.0. The van der Waals surface area contributed by atoms with Gasteiger partial charge in [0, 0.05) is 25.6 Å². The topological polar surface area (TPSA) is 75.3 Å². The molecule has 2 unspecified atom stereocenters. The largest absolute Gasteiger partial charge is 0.396 e. The van der Waals surface area contributed by atoms with Gasteiger partial charge in [0.05, 0.1) is 0 Å². The fourth-order valence-electron chi connectivity index (χ4n) is 0.758. The number of hydrogen-bond donors (Lipinski definition) is 3. The summed E-state index contributed by atoms with van der Waals surface area (Å²) in [5, 5.41) is 11.5. The van der Waals surface area contributed by atoms with E-state index in [0.29, 0.717) is 13.0 Å². The molecule has 2 atom stereocenters. The van der Waals surface area contributed by atoms with Crippen molar-refractivity contribution in [2.45, 2.75) is 26.3 Å². The second-order valence-electron chi connectivity index (χ2n) is 3.05. The van der Waals surface area contributed by atoms with Crippen LogP contribution in [0.3, 0.4) is 0 Å². The number of amides is 1. The molecule has 12 heavy (non-hydrogen) atoms. The zero-order chi connectivity index (χ0) is 9.56. The maximum absolute atomic E-state index is 11.0. The van der Waals surface area contributed by atoms with E-state index in [1.54, 1.807) is 0 Å². The van der Waals surface area contributed by atoms with Gasteiger partial charge in [-0.05, 0) is 12.8 Å². The van der Waals surface area contributed by atoms with Gasteiger partial charge in [0.2, 0.25) is 5.91 Å². The van der Waals surface area contributed by atoms with Crippen LogP contribution in [0.25, 0.3) is 0 Å². The Morgan fingerprint density at radius 3 is 2.58 bits per heavy atom. The number of carbonyl (C=O) groups is 1. The molecule has 4 N–H and O–H groups in total. The number of hydrogen-bond acceptors (Lipinski definition) is 3. The maximum Gasteiger partial charge on any atom is 0.221 e. The monoisotopic (exact) mass is 174 g/mol. The summed E-state index contributed by atoms with van der Waals surface area (Å²) in [5.41, 5.74) is 5.20. The van der Waals surface area contributed by atoms with E-state index in [1.807, 2.05) is 13.8 Å². The summed E-state index contributed by atoms with van der Waals surface area (Å²) in [6, 6.07) is 0.00838. The summed E-state index contributed by atoms with van der Waals surface area (Å²) >= 11 is 0. The van der Waals surface area contributed by atoms with Crippen LogP contribution >= 0.6 is 0 Å². The zero-order valence-electron chi connectivity index (χ0n) is 7.71. The van der Waals surface area contributed by atoms with Crippen molar-refractivity contribution in [2.75, 3.05) is 13.2 Å². The highest BCUT2D eigenvalue weighted by atomic mass is 16.3. The van der Waals surface area contributed by atoms with Gasteiger partial charge in [0.1, 0.15) is 0 Å². The van der Waals surface area contributed by atoms with Gasteiger partial charge in [0.15, 0.2) is 0 Å². The molecule has 0 aromatic rings. The van der Waals surface area contributed by atoms with E-state index in [4.69, 9.17) is 10.8 Å². The second kappa shape index (κ2) is 5.97. The third-order valence-corrected chi connectivity index (χ3v) is 1.90. The SMILES string of the molecule is CC(CO)C(C)NC(=O)CCN. The predicted molar refractivity (Wildman–Crippen MR) is 47.5 cm³/mol. The van der Waals surface area contributed by atoms with Crippen molar-refractivity contribution in [3.8, 4) is 0 Å². The van der Waals surface area contributed by atoms with Crippen LogP contribution < -0.4 is 11.1 Å². The van der Waals surface area contributed by atoms with Crippen LogP contribution in [0.15, 0.2) is 0 Å². The molecule has 0 aliphatic rings. The lowest BCUT2D eigenvalue weighted by Gasteiger charge is -2.18. The van der Waals surface area contributed by atoms with E-state index >= 15 is 0 Å². The minimum atomic E-state index is -0.0506. The first-order valence-electron chi connectivity index (χ1n) is 4.22. The summed E-state index contributed by atoms with van der Waals surface area (Å²) in [5.74, 6) is 0.0389. The van der Waals surface area contributed by atoms with E-state index in [0.717, 1.165) is 0 Å². The third kappa shape index (κ3) is 4.31. The first-order chi connectivity index (χ1) is 5.61. The van der Waals surface area contributed by atoms with E-state index in [1.165, 1.54) is 0 Å². The van der Waals surface area contributed by atoms with Gasteiger partial charge in [-0.3, -0.25) is 4.79 Å². The first-order valence-corrected chi connectivity index (χ1v) is 4.22. The second-order valence-corrected chi connectivity index (χ2v) is 3.05. The highest BCUT2D eigenvalue weighted by molar-refractivity contribution is 5.76. The van der Waals surface area contributed by atoms with E-state index < -0.39 is 0 Å². The van der Waals surface area contributed by atoms with E-state index in [2.05, 4.69) is 5.32 Å². The molecule has 0 saturated carbocycles. The molecule has 0 radical (unpaired) electrons. The maximum atomic E-state index is 11.0. The van der Waals surface area contributed by atoms with Crippen molar-refractivity contribution in [1.82, 2.24) is 5.32 Å². The molecular formula is C8H18N2O2. The van der Waals surface area contributed by atoms with Gasteiger partial charge < -0.3 is 16.2 Å². The van der Waals surface area contributed by atoms with Crippen LogP contribution in [0.1, 0.15) is 20.3 Å². The van der Waals surface area contributed by atoms with Crippen molar-refractivity contribution < 1.29 is 9.90 Å². The van der Waals surface area contributed by atoms with Crippen molar-refractivity contribution in [1.29, 1.82) is 0 Å². The van der Waals surface area contributed by atoms with Crippen molar-refractivity contribution in [3.05, 3.63) is 0 Å². The molecule has 0 aliphatic carbocycles.